The molecule has 1 aromatic carbocycles. The van der Waals surface area contributed by atoms with E-state index >= 15 is 0 Å². The molecule has 0 aliphatic heterocycles. The van der Waals surface area contributed by atoms with Gasteiger partial charge in [0.05, 0.1) is 11.1 Å². The van der Waals surface area contributed by atoms with E-state index in [0.29, 0.717) is 5.56 Å². The van der Waals surface area contributed by atoms with Gasteiger partial charge in [-0.1, -0.05) is 18.2 Å². The second-order valence-corrected chi connectivity index (χ2v) is 4.23. The Labute approximate surface area is 89.7 Å². The molecular weight excluding hydrogens is 208 g/mol. The molecule has 0 aliphatic rings. The summed E-state index contributed by atoms with van der Waals surface area (Å²) in [4.78, 5) is 12.3. The first kappa shape index (κ1) is 8.49. The lowest BCUT2D eigenvalue weighted by molar-refractivity contribution is 0.100. The number of carbonyl (C=O) groups is 1. The first-order valence-corrected chi connectivity index (χ1v) is 5.43. The molecule has 3 aromatic rings. The van der Waals surface area contributed by atoms with Gasteiger partial charge in [0.1, 0.15) is 4.83 Å². The van der Waals surface area contributed by atoms with Crippen LogP contribution >= 0.6 is 11.3 Å². The van der Waals surface area contributed by atoms with Gasteiger partial charge in [-0.05, 0) is 6.07 Å². The van der Waals surface area contributed by atoms with Crippen LogP contribution in [-0.4, -0.2) is 10.3 Å². The Morgan fingerprint density at radius 2 is 2.13 bits per heavy atom. The number of rotatable bonds is 1. The zero-order chi connectivity index (χ0) is 10.4. The summed E-state index contributed by atoms with van der Waals surface area (Å²) in [5.74, 6) is -0.365. The quantitative estimate of drug-likeness (QED) is 0.666. The van der Waals surface area contributed by atoms with Gasteiger partial charge < -0.3 is 10.1 Å². The minimum absolute atomic E-state index is 0.365. The summed E-state index contributed by atoms with van der Waals surface area (Å²) in [5, 5.41) is 2.88. The average Bonchev–Trinajstić information content (AvgIpc) is 2.75. The Morgan fingerprint density at radius 3 is 2.93 bits per heavy atom. The number of nitrogens with zero attached hydrogens (tertiary/aromatic N) is 1. The standard InChI is InChI=1S/C11H8N2OS/c12-10(14)9-7-3-1-2-4-8(7)13-5-6-15-11(9)13/h1-6H,(H2,12,14). The summed E-state index contributed by atoms with van der Waals surface area (Å²) < 4.78 is 2.00. The Kier molecular flexibility index (Phi) is 1.61. The third-order valence-corrected chi connectivity index (χ3v) is 3.38. The van der Waals surface area contributed by atoms with Crippen molar-refractivity contribution in [3.63, 3.8) is 0 Å². The van der Waals surface area contributed by atoms with Crippen LogP contribution in [0.1, 0.15) is 10.4 Å². The van der Waals surface area contributed by atoms with E-state index in [9.17, 15) is 4.79 Å². The zero-order valence-corrected chi connectivity index (χ0v) is 8.62. The van der Waals surface area contributed by atoms with Crippen molar-refractivity contribution in [2.45, 2.75) is 0 Å². The average molecular weight is 216 g/mol. The molecule has 2 N–H and O–H groups in total. The van der Waals surface area contributed by atoms with Crippen molar-refractivity contribution >= 4 is 33.0 Å². The number of carbonyl (C=O) groups excluding carboxylic acids is 1. The van der Waals surface area contributed by atoms with E-state index < -0.39 is 0 Å². The Bertz CT molecular complexity index is 665. The smallest absolute Gasteiger partial charge is 0.252 e. The Morgan fingerprint density at radius 1 is 1.33 bits per heavy atom. The molecule has 1 amide bonds. The number of primary amides is 1. The number of hydrogen-bond donors (Lipinski definition) is 1. The molecule has 3 nitrogen and oxygen atoms in total. The van der Waals surface area contributed by atoms with Crippen LogP contribution in [-0.2, 0) is 0 Å². The minimum Gasteiger partial charge on any atom is -0.365 e. The fraction of sp³-hybridized carbons (Fsp3) is 0. The summed E-state index contributed by atoms with van der Waals surface area (Å²) in [7, 11) is 0. The second-order valence-electron chi connectivity index (χ2n) is 3.33. The van der Waals surface area contributed by atoms with Crippen LogP contribution in [0.5, 0.6) is 0 Å². The van der Waals surface area contributed by atoms with E-state index in [0.717, 1.165) is 15.7 Å². The van der Waals surface area contributed by atoms with Crippen molar-refractivity contribution in [3.8, 4) is 0 Å². The molecule has 15 heavy (non-hydrogen) atoms. The third kappa shape index (κ3) is 1.02. The van der Waals surface area contributed by atoms with E-state index in [1.165, 1.54) is 11.3 Å². The van der Waals surface area contributed by atoms with E-state index in [1.807, 2.05) is 40.2 Å². The Hall–Kier alpha value is -1.81. The van der Waals surface area contributed by atoms with E-state index in [2.05, 4.69) is 0 Å². The number of nitrogens with two attached hydrogens (primary N) is 1. The van der Waals surface area contributed by atoms with E-state index in [1.54, 1.807) is 0 Å². The predicted molar refractivity (Wildman–Crippen MR) is 61.3 cm³/mol. The number of para-hydroxylation sites is 1. The summed E-state index contributed by atoms with van der Waals surface area (Å²) >= 11 is 1.53. The molecule has 0 aliphatic carbocycles. The van der Waals surface area contributed by atoms with Crippen LogP contribution < -0.4 is 5.73 Å². The molecule has 0 fully saturated rings. The first-order chi connectivity index (χ1) is 7.29. The molecule has 0 unspecified atom stereocenters. The summed E-state index contributed by atoms with van der Waals surface area (Å²) in [6.07, 6.45) is 1.95. The molecule has 2 aromatic heterocycles. The third-order valence-electron chi connectivity index (χ3n) is 2.50. The molecule has 0 atom stereocenters. The fourth-order valence-corrected chi connectivity index (χ4v) is 2.81. The maximum atomic E-state index is 11.4. The summed E-state index contributed by atoms with van der Waals surface area (Å²) in [6, 6.07) is 7.78. The molecule has 0 saturated heterocycles. The van der Waals surface area contributed by atoms with Gasteiger partial charge in [-0.25, -0.2) is 0 Å². The number of thiazole rings is 1. The number of benzene rings is 1. The number of amides is 1. The highest BCUT2D eigenvalue weighted by Crippen LogP contribution is 2.29. The molecule has 4 heteroatoms. The largest absolute Gasteiger partial charge is 0.365 e. The van der Waals surface area contributed by atoms with Crippen molar-refractivity contribution in [1.82, 2.24) is 4.40 Å². The SMILES string of the molecule is NC(=O)c1c2ccccc2n2ccsc12. The lowest BCUT2D eigenvalue weighted by atomic mass is 10.2. The van der Waals surface area contributed by atoms with Crippen molar-refractivity contribution in [1.29, 1.82) is 0 Å². The molecule has 2 heterocycles. The molecule has 0 saturated carbocycles. The van der Waals surface area contributed by atoms with Gasteiger partial charge in [0.2, 0.25) is 0 Å². The fourth-order valence-electron chi connectivity index (χ4n) is 1.90. The molecular formula is C11H8N2OS. The van der Waals surface area contributed by atoms with Crippen LogP contribution in [0.3, 0.4) is 0 Å². The molecule has 3 rings (SSSR count). The molecule has 0 spiro atoms. The van der Waals surface area contributed by atoms with Crippen molar-refractivity contribution < 1.29 is 4.79 Å². The summed E-state index contributed by atoms with van der Waals surface area (Å²) in [5.41, 5.74) is 7.06. The maximum absolute atomic E-state index is 11.4. The van der Waals surface area contributed by atoms with Crippen LogP contribution in [0.25, 0.3) is 15.7 Å². The number of hydrogen-bond acceptors (Lipinski definition) is 2. The topological polar surface area (TPSA) is 47.5 Å². The van der Waals surface area contributed by atoms with Gasteiger partial charge in [0.15, 0.2) is 0 Å². The normalized spacial score (nSPS) is 11.2. The van der Waals surface area contributed by atoms with Crippen molar-refractivity contribution in [3.05, 3.63) is 41.4 Å². The van der Waals surface area contributed by atoms with Crippen LogP contribution in [0.15, 0.2) is 35.8 Å². The van der Waals surface area contributed by atoms with E-state index in [4.69, 9.17) is 5.73 Å². The highest BCUT2D eigenvalue weighted by molar-refractivity contribution is 7.16. The highest BCUT2D eigenvalue weighted by atomic mass is 32.1. The van der Waals surface area contributed by atoms with Gasteiger partial charge >= 0.3 is 0 Å². The van der Waals surface area contributed by atoms with Gasteiger partial charge in [0.25, 0.3) is 5.91 Å². The molecule has 0 bridgehead atoms. The lowest BCUT2D eigenvalue weighted by Gasteiger charge is -1.91. The van der Waals surface area contributed by atoms with Crippen molar-refractivity contribution in [2.24, 2.45) is 5.73 Å². The zero-order valence-electron chi connectivity index (χ0n) is 7.81. The molecule has 74 valence electrons. The van der Waals surface area contributed by atoms with Crippen molar-refractivity contribution in [2.75, 3.05) is 0 Å². The minimum atomic E-state index is -0.365. The number of aromatic nitrogens is 1. The van der Waals surface area contributed by atoms with E-state index in [-0.39, 0.29) is 5.91 Å². The lowest BCUT2D eigenvalue weighted by Crippen LogP contribution is -2.10. The monoisotopic (exact) mass is 216 g/mol. The first-order valence-electron chi connectivity index (χ1n) is 4.55. The Balaban J connectivity index is 2.64. The molecule has 0 radical (unpaired) electrons. The van der Waals surface area contributed by atoms with Gasteiger partial charge in [-0.3, -0.25) is 4.79 Å². The van der Waals surface area contributed by atoms with Crippen LogP contribution in [0.4, 0.5) is 0 Å². The highest BCUT2D eigenvalue weighted by Gasteiger charge is 2.15. The van der Waals surface area contributed by atoms with Gasteiger partial charge in [0, 0.05) is 17.0 Å². The number of fused-ring (bicyclic) bond motifs is 3. The maximum Gasteiger partial charge on any atom is 0.252 e. The van der Waals surface area contributed by atoms with Crippen LogP contribution in [0.2, 0.25) is 0 Å². The predicted octanol–water partition coefficient (Wildman–Crippen LogP) is 2.25. The second kappa shape index (κ2) is 2.84. The van der Waals surface area contributed by atoms with Gasteiger partial charge in [-0.2, -0.15) is 0 Å². The summed E-state index contributed by atoms with van der Waals surface area (Å²) in [6.45, 7) is 0. The van der Waals surface area contributed by atoms with Gasteiger partial charge in [-0.15, -0.1) is 11.3 Å². The van der Waals surface area contributed by atoms with Crippen LogP contribution in [0, 0.1) is 0 Å².